The van der Waals surface area contributed by atoms with Gasteiger partial charge in [0.15, 0.2) is 0 Å². The van der Waals surface area contributed by atoms with Crippen molar-refractivity contribution in [2.75, 3.05) is 0 Å². The van der Waals surface area contributed by atoms with Gasteiger partial charge in [0.1, 0.15) is 0 Å². The third-order valence-electron chi connectivity index (χ3n) is 2.06. The van der Waals surface area contributed by atoms with Crippen LogP contribution in [0.15, 0.2) is 0 Å². The Hall–Kier alpha value is -2.16. The first-order valence-electron chi connectivity index (χ1n) is 6.13. The molecule has 0 spiro atoms. The van der Waals surface area contributed by atoms with Crippen LogP contribution in [0.2, 0.25) is 0 Å². The van der Waals surface area contributed by atoms with Gasteiger partial charge in [0, 0.05) is 25.7 Å². The van der Waals surface area contributed by atoms with Crippen LogP contribution in [0.25, 0.3) is 0 Å². The summed E-state index contributed by atoms with van der Waals surface area (Å²) in [6.07, 6.45) is 2.04. The van der Waals surface area contributed by atoms with Gasteiger partial charge in [-0.05, 0) is 25.7 Å². The maximum absolute atomic E-state index is 9.90. The van der Waals surface area contributed by atoms with Gasteiger partial charge in [0.25, 0.3) is 0 Å². The van der Waals surface area contributed by atoms with E-state index in [0.29, 0.717) is 25.7 Å². The summed E-state index contributed by atoms with van der Waals surface area (Å²) in [7, 11) is 0. The van der Waals surface area contributed by atoms with E-state index in [1.807, 2.05) is 0 Å². The van der Waals surface area contributed by atoms with E-state index in [9.17, 15) is 19.2 Å². The zero-order valence-corrected chi connectivity index (χ0v) is 11.6. The summed E-state index contributed by atoms with van der Waals surface area (Å²) in [5.74, 6) is -3.48. The predicted octanol–water partition coefficient (Wildman–Crippen LogP) is 0.607. The summed E-state index contributed by atoms with van der Waals surface area (Å²) in [5, 5.41) is 32.5. The number of hydrogen-bond acceptors (Lipinski definition) is 4. The maximum atomic E-state index is 9.90. The van der Waals surface area contributed by atoms with Gasteiger partial charge in [0.2, 0.25) is 0 Å². The van der Waals surface area contributed by atoms with Crippen molar-refractivity contribution in [1.29, 1.82) is 0 Å². The highest BCUT2D eigenvalue weighted by atomic mass is 16.4. The molecule has 9 heteroatoms. The number of unbranched alkanes of at least 4 members (excludes halogenated alkanes) is 2. The van der Waals surface area contributed by atoms with Crippen LogP contribution in [-0.2, 0) is 19.2 Å². The Balaban J connectivity index is -0.000000295. The number of carboxylic acid groups (broad SMARTS) is 4. The van der Waals surface area contributed by atoms with Crippen molar-refractivity contribution in [3.8, 4) is 0 Å². The molecule has 0 amide bonds. The van der Waals surface area contributed by atoms with Gasteiger partial charge in [-0.25, -0.2) is 0 Å². The SMILES string of the molecule is O.O=C(O)CCCCC(=O)O.O=C(O)CCCCC(=O)O. The lowest BCUT2D eigenvalue weighted by Crippen LogP contribution is -1.97. The van der Waals surface area contributed by atoms with E-state index in [2.05, 4.69) is 0 Å². The fourth-order valence-corrected chi connectivity index (χ4v) is 1.10. The molecular formula is C12H22O9. The highest BCUT2D eigenvalue weighted by Crippen LogP contribution is 1.99. The Morgan fingerprint density at radius 1 is 0.476 bits per heavy atom. The summed E-state index contributed by atoms with van der Waals surface area (Å²) >= 11 is 0. The zero-order chi connectivity index (χ0) is 16.0. The normalized spacial score (nSPS) is 8.76. The van der Waals surface area contributed by atoms with Crippen molar-refractivity contribution in [3.63, 3.8) is 0 Å². The van der Waals surface area contributed by atoms with Crippen LogP contribution in [0, 0.1) is 0 Å². The predicted molar refractivity (Wildman–Crippen MR) is 71.1 cm³/mol. The van der Waals surface area contributed by atoms with Gasteiger partial charge in [-0.2, -0.15) is 0 Å². The van der Waals surface area contributed by atoms with Gasteiger partial charge in [-0.1, -0.05) is 0 Å². The van der Waals surface area contributed by atoms with Crippen molar-refractivity contribution in [2.45, 2.75) is 51.4 Å². The minimum atomic E-state index is -0.870. The molecule has 0 aliphatic carbocycles. The molecule has 0 aliphatic heterocycles. The minimum Gasteiger partial charge on any atom is -0.481 e. The number of hydrogen-bond donors (Lipinski definition) is 4. The maximum Gasteiger partial charge on any atom is 0.303 e. The molecule has 0 aromatic heterocycles. The van der Waals surface area contributed by atoms with Gasteiger partial charge in [0.05, 0.1) is 0 Å². The molecule has 9 nitrogen and oxygen atoms in total. The van der Waals surface area contributed by atoms with Crippen LogP contribution in [0.4, 0.5) is 0 Å². The van der Waals surface area contributed by atoms with Crippen molar-refractivity contribution >= 4 is 23.9 Å². The second-order valence-corrected chi connectivity index (χ2v) is 3.99. The molecule has 0 rings (SSSR count). The Morgan fingerprint density at radius 2 is 0.619 bits per heavy atom. The summed E-state index contributed by atoms with van der Waals surface area (Å²) in [4.78, 5) is 39.6. The molecule has 0 unspecified atom stereocenters. The first-order chi connectivity index (χ1) is 9.25. The van der Waals surface area contributed by atoms with Crippen LogP contribution in [0.1, 0.15) is 51.4 Å². The van der Waals surface area contributed by atoms with E-state index >= 15 is 0 Å². The highest BCUT2D eigenvalue weighted by molar-refractivity contribution is 5.68. The molecule has 0 aromatic carbocycles. The molecule has 0 aliphatic rings. The van der Waals surface area contributed by atoms with Crippen molar-refractivity contribution in [2.24, 2.45) is 0 Å². The van der Waals surface area contributed by atoms with E-state index in [1.54, 1.807) is 0 Å². The van der Waals surface area contributed by atoms with Crippen LogP contribution in [0.5, 0.6) is 0 Å². The van der Waals surface area contributed by atoms with Gasteiger partial charge in [-0.3, -0.25) is 19.2 Å². The van der Waals surface area contributed by atoms with Crippen molar-refractivity contribution in [1.82, 2.24) is 0 Å². The van der Waals surface area contributed by atoms with E-state index < -0.39 is 23.9 Å². The molecule has 6 N–H and O–H groups in total. The molecule has 0 saturated carbocycles. The van der Waals surface area contributed by atoms with E-state index in [0.717, 1.165) is 0 Å². The number of carboxylic acids is 4. The summed E-state index contributed by atoms with van der Waals surface area (Å²) in [6.45, 7) is 0. The summed E-state index contributed by atoms with van der Waals surface area (Å²) in [6, 6.07) is 0. The molecule has 0 saturated heterocycles. The molecule has 0 fully saturated rings. The van der Waals surface area contributed by atoms with E-state index in [1.165, 1.54) is 0 Å². The first kappa shape index (κ1) is 23.9. The minimum absolute atomic E-state index is 0. The third-order valence-corrected chi connectivity index (χ3v) is 2.06. The molecule has 0 aromatic rings. The fourth-order valence-electron chi connectivity index (χ4n) is 1.10. The van der Waals surface area contributed by atoms with Gasteiger partial charge in [-0.15, -0.1) is 0 Å². The Kier molecular flexibility index (Phi) is 18.1. The number of aliphatic carboxylic acids is 4. The zero-order valence-electron chi connectivity index (χ0n) is 11.6. The van der Waals surface area contributed by atoms with E-state index in [4.69, 9.17) is 20.4 Å². The molecule has 21 heavy (non-hydrogen) atoms. The standard InChI is InChI=1S/2C6H10O4.H2O/c2*7-5(8)3-1-2-4-6(9)10;/h2*1-4H2,(H,7,8)(H,9,10);1H2. The summed E-state index contributed by atoms with van der Waals surface area (Å²) in [5.41, 5.74) is 0. The van der Waals surface area contributed by atoms with Gasteiger partial charge < -0.3 is 25.9 Å². The third kappa shape index (κ3) is 31.9. The van der Waals surface area contributed by atoms with E-state index in [-0.39, 0.29) is 31.2 Å². The molecule has 0 radical (unpaired) electrons. The van der Waals surface area contributed by atoms with Crippen LogP contribution >= 0.6 is 0 Å². The van der Waals surface area contributed by atoms with Crippen molar-refractivity contribution < 1.29 is 45.1 Å². The first-order valence-corrected chi connectivity index (χ1v) is 6.13. The fraction of sp³-hybridized carbons (Fsp3) is 0.667. The quantitative estimate of drug-likeness (QED) is 0.423. The monoisotopic (exact) mass is 310 g/mol. The number of rotatable bonds is 10. The average molecular weight is 310 g/mol. The Labute approximate surface area is 121 Å². The van der Waals surface area contributed by atoms with Crippen molar-refractivity contribution in [3.05, 3.63) is 0 Å². The van der Waals surface area contributed by atoms with Crippen LogP contribution in [0.3, 0.4) is 0 Å². The molecular weight excluding hydrogens is 288 g/mol. The summed E-state index contributed by atoms with van der Waals surface area (Å²) < 4.78 is 0. The molecule has 0 atom stereocenters. The topological polar surface area (TPSA) is 181 Å². The van der Waals surface area contributed by atoms with Crippen LogP contribution in [-0.4, -0.2) is 49.8 Å². The average Bonchev–Trinajstić information content (AvgIpc) is 2.30. The second kappa shape index (κ2) is 15.9. The lowest BCUT2D eigenvalue weighted by Gasteiger charge is -1.92. The molecule has 0 bridgehead atoms. The lowest BCUT2D eigenvalue weighted by molar-refractivity contribution is -0.139. The largest absolute Gasteiger partial charge is 0.481 e. The highest BCUT2D eigenvalue weighted by Gasteiger charge is 1.99. The van der Waals surface area contributed by atoms with Crippen LogP contribution < -0.4 is 0 Å². The number of carbonyl (C=O) groups is 4. The smallest absolute Gasteiger partial charge is 0.303 e. The van der Waals surface area contributed by atoms with Gasteiger partial charge >= 0.3 is 23.9 Å². The lowest BCUT2D eigenvalue weighted by atomic mass is 10.2. The second-order valence-electron chi connectivity index (χ2n) is 3.99. The molecule has 124 valence electrons. The Morgan fingerprint density at radius 3 is 0.714 bits per heavy atom. The Bertz CT molecular complexity index is 261. The molecule has 0 heterocycles.